The van der Waals surface area contributed by atoms with Gasteiger partial charge in [-0.2, -0.15) is 0 Å². The fourth-order valence-electron chi connectivity index (χ4n) is 3.13. The van der Waals surface area contributed by atoms with Crippen LogP contribution in [0.25, 0.3) is 0 Å². The second-order valence-corrected chi connectivity index (χ2v) is 12.4. The first-order chi connectivity index (χ1) is 9.74. The van der Waals surface area contributed by atoms with Crippen LogP contribution in [0.15, 0.2) is 0 Å². The summed E-state index contributed by atoms with van der Waals surface area (Å²) in [7, 11) is -1.46. The Balaban J connectivity index is 2.51. The highest BCUT2D eigenvalue weighted by Gasteiger charge is 2.45. The molecule has 1 aliphatic rings. The third-order valence-corrected chi connectivity index (χ3v) is 10.8. The van der Waals surface area contributed by atoms with E-state index < -0.39 is 8.24 Å². The Kier molecular flexibility index (Phi) is 6.88. The van der Waals surface area contributed by atoms with Crippen molar-refractivity contribution >= 4 is 14.2 Å². The predicted octanol–water partition coefficient (Wildman–Crippen LogP) is 3.30. The maximum Gasteiger partial charge on any atom is 0.307 e. The minimum atomic E-state index is -1.46. The maximum absolute atomic E-state index is 11.5. The van der Waals surface area contributed by atoms with Crippen LogP contribution in [-0.4, -0.2) is 56.6 Å². The second kappa shape index (κ2) is 7.74. The molecule has 0 atom stereocenters. The summed E-state index contributed by atoms with van der Waals surface area (Å²) in [5, 5.41) is 0.429. The molecule has 1 saturated heterocycles. The van der Waals surface area contributed by atoms with Gasteiger partial charge >= 0.3 is 5.97 Å². The molecule has 0 bridgehead atoms. The average Bonchev–Trinajstić information content (AvgIpc) is 2.86. The SMILES string of the molecule is CCCC(C)(C)[Si](C)(C)N1CCN(CCC(=O)OCC)C1. The molecule has 4 nitrogen and oxygen atoms in total. The minimum absolute atomic E-state index is 0.0706. The van der Waals surface area contributed by atoms with E-state index in [-0.39, 0.29) is 5.97 Å². The molecule has 0 unspecified atom stereocenters. The van der Waals surface area contributed by atoms with E-state index in [4.69, 9.17) is 4.74 Å². The zero-order valence-electron chi connectivity index (χ0n) is 14.9. The van der Waals surface area contributed by atoms with Crippen molar-refractivity contribution < 1.29 is 9.53 Å². The van der Waals surface area contributed by atoms with E-state index in [9.17, 15) is 4.79 Å². The van der Waals surface area contributed by atoms with Crippen molar-refractivity contribution in [3.8, 4) is 0 Å². The summed E-state index contributed by atoms with van der Waals surface area (Å²) in [4.78, 5) is 13.9. The highest BCUT2D eigenvalue weighted by atomic mass is 28.3. The van der Waals surface area contributed by atoms with E-state index in [0.717, 1.165) is 26.3 Å². The van der Waals surface area contributed by atoms with Gasteiger partial charge in [0.2, 0.25) is 0 Å². The van der Waals surface area contributed by atoms with E-state index in [1.54, 1.807) is 0 Å². The lowest BCUT2D eigenvalue weighted by Gasteiger charge is -2.46. The van der Waals surface area contributed by atoms with Gasteiger partial charge < -0.3 is 9.30 Å². The largest absolute Gasteiger partial charge is 0.466 e. The van der Waals surface area contributed by atoms with Gasteiger partial charge in [0.15, 0.2) is 0 Å². The van der Waals surface area contributed by atoms with Gasteiger partial charge in [0.1, 0.15) is 8.24 Å². The van der Waals surface area contributed by atoms with Crippen LogP contribution in [0.3, 0.4) is 0 Å². The zero-order valence-corrected chi connectivity index (χ0v) is 15.9. The first-order valence-corrected chi connectivity index (χ1v) is 11.3. The number of hydrogen-bond acceptors (Lipinski definition) is 4. The Morgan fingerprint density at radius 3 is 2.48 bits per heavy atom. The Bertz CT molecular complexity index is 345. The molecule has 5 heteroatoms. The molecule has 1 aliphatic heterocycles. The van der Waals surface area contributed by atoms with Crippen molar-refractivity contribution in [2.45, 2.75) is 65.1 Å². The van der Waals surface area contributed by atoms with E-state index in [2.05, 4.69) is 43.3 Å². The molecule has 0 amide bonds. The molecule has 0 aromatic carbocycles. The molecule has 1 fully saturated rings. The molecule has 1 heterocycles. The van der Waals surface area contributed by atoms with E-state index in [1.165, 1.54) is 12.8 Å². The summed E-state index contributed by atoms with van der Waals surface area (Å²) in [5.41, 5.74) is 0. The zero-order chi connectivity index (χ0) is 16.1. The lowest BCUT2D eigenvalue weighted by molar-refractivity contribution is -0.143. The molecule has 0 radical (unpaired) electrons. The number of carbonyl (C=O) groups excluding carboxylic acids is 1. The standard InChI is InChI=1S/C16H34N2O2Si/c1-7-10-16(3,4)21(5,6)18-13-12-17(14-18)11-9-15(19)20-8-2/h7-14H2,1-6H3. The van der Waals surface area contributed by atoms with Crippen LogP contribution >= 0.6 is 0 Å². The molecule has 21 heavy (non-hydrogen) atoms. The van der Waals surface area contributed by atoms with Crippen molar-refractivity contribution in [3.05, 3.63) is 0 Å². The monoisotopic (exact) mass is 314 g/mol. The molecule has 1 rings (SSSR count). The fraction of sp³-hybridized carbons (Fsp3) is 0.938. The van der Waals surface area contributed by atoms with Gasteiger partial charge in [0, 0.05) is 26.3 Å². The molecule has 0 saturated carbocycles. The number of ether oxygens (including phenoxy) is 1. The first kappa shape index (κ1) is 18.7. The Hall–Kier alpha value is -0.393. The van der Waals surface area contributed by atoms with Crippen LogP contribution < -0.4 is 0 Å². The summed E-state index contributed by atoms with van der Waals surface area (Å²) in [6.45, 7) is 18.6. The molecule has 124 valence electrons. The lowest BCUT2D eigenvalue weighted by Crippen LogP contribution is -2.55. The van der Waals surface area contributed by atoms with Crippen LogP contribution in [0.1, 0.15) is 47.0 Å². The third-order valence-electron chi connectivity index (χ3n) is 5.32. The average molecular weight is 315 g/mol. The first-order valence-electron chi connectivity index (χ1n) is 8.37. The van der Waals surface area contributed by atoms with Gasteiger partial charge in [-0.15, -0.1) is 0 Å². The van der Waals surface area contributed by atoms with Crippen molar-refractivity contribution in [1.29, 1.82) is 0 Å². The summed E-state index contributed by atoms with van der Waals surface area (Å²) >= 11 is 0. The van der Waals surface area contributed by atoms with E-state index >= 15 is 0 Å². The van der Waals surface area contributed by atoms with Crippen molar-refractivity contribution in [2.24, 2.45) is 0 Å². The molecule has 0 N–H and O–H groups in total. The molecule has 0 aliphatic carbocycles. The number of nitrogens with zero attached hydrogens (tertiary/aromatic N) is 2. The quantitative estimate of drug-likeness (QED) is 0.508. The third kappa shape index (κ3) is 4.79. The maximum atomic E-state index is 11.5. The predicted molar refractivity (Wildman–Crippen MR) is 90.8 cm³/mol. The van der Waals surface area contributed by atoms with Crippen LogP contribution in [-0.2, 0) is 9.53 Å². The molecule has 0 spiro atoms. The summed E-state index contributed by atoms with van der Waals surface area (Å²) in [6, 6.07) is 0. The van der Waals surface area contributed by atoms with Crippen molar-refractivity contribution in [2.75, 3.05) is 32.9 Å². The molecule has 0 aromatic rings. The summed E-state index contributed by atoms with van der Waals surface area (Å²) in [5.74, 6) is -0.0706. The normalized spacial score (nSPS) is 18.2. The molecular formula is C16H34N2O2Si. The van der Waals surface area contributed by atoms with Gasteiger partial charge in [-0.3, -0.25) is 9.69 Å². The number of hydrogen-bond donors (Lipinski definition) is 0. The van der Waals surface area contributed by atoms with Gasteiger partial charge in [-0.1, -0.05) is 40.3 Å². The molecule has 0 aromatic heterocycles. The van der Waals surface area contributed by atoms with E-state index in [1.807, 2.05) is 6.92 Å². The van der Waals surface area contributed by atoms with Gasteiger partial charge in [-0.05, 0) is 18.4 Å². The van der Waals surface area contributed by atoms with Crippen molar-refractivity contribution in [3.63, 3.8) is 0 Å². The number of esters is 1. The highest BCUT2D eigenvalue weighted by Crippen LogP contribution is 2.43. The van der Waals surface area contributed by atoms with Gasteiger partial charge in [-0.25, -0.2) is 0 Å². The van der Waals surface area contributed by atoms with Crippen molar-refractivity contribution in [1.82, 2.24) is 9.47 Å². The summed E-state index contributed by atoms with van der Waals surface area (Å²) in [6.07, 6.45) is 3.07. The van der Waals surface area contributed by atoms with Gasteiger partial charge in [0.05, 0.1) is 13.0 Å². The van der Waals surface area contributed by atoms with Gasteiger partial charge in [0.25, 0.3) is 0 Å². The number of carbonyl (C=O) groups is 1. The second-order valence-electron chi connectivity index (χ2n) is 7.27. The summed E-state index contributed by atoms with van der Waals surface area (Å²) < 4.78 is 7.71. The highest BCUT2D eigenvalue weighted by molar-refractivity contribution is 6.77. The van der Waals surface area contributed by atoms with Crippen LogP contribution in [0.5, 0.6) is 0 Å². The minimum Gasteiger partial charge on any atom is -0.466 e. The molecular weight excluding hydrogens is 280 g/mol. The fourth-order valence-corrected chi connectivity index (χ4v) is 6.06. The van der Waals surface area contributed by atoms with E-state index in [0.29, 0.717) is 18.1 Å². The van der Waals surface area contributed by atoms with Crippen LogP contribution in [0, 0.1) is 0 Å². The Morgan fingerprint density at radius 2 is 1.90 bits per heavy atom. The Labute approximate surface area is 131 Å². The van der Waals surface area contributed by atoms with Crippen LogP contribution in [0.4, 0.5) is 0 Å². The number of rotatable bonds is 8. The van der Waals surface area contributed by atoms with Crippen LogP contribution in [0.2, 0.25) is 18.1 Å². The lowest BCUT2D eigenvalue weighted by atomic mass is 10.1. The smallest absolute Gasteiger partial charge is 0.307 e. The Morgan fingerprint density at radius 1 is 1.24 bits per heavy atom. The topological polar surface area (TPSA) is 32.8 Å².